The molecular weight excluding hydrogens is 516 g/mol. The lowest BCUT2D eigenvalue weighted by atomic mass is 10.2. The number of nitrogens with two attached hydrogens (primary N) is 1. The topological polar surface area (TPSA) is 130 Å². The highest BCUT2D eigenvalue weighted by atomic mass is 35.5. The van der Waals surface area contributed by atoms with Gasteiger partial charge in [0.05, 0.1) is 33.7 Å². The monoisotopic (exact) mass is 540 g/mol. The van der Waals surface area contributed by atoms with Crippen molar-refractivity contribution in [3.8, 4) is 0 Å². The number of halogens is 1. The molecule has 2 aromatic heterocycles. The Kier molecular flexibility index (Phi) is 7.26. The number of thiophene rings is 1. The molecule has 10 nitrogen and oxygen atoms in total. The number of cyclic esters (lactones) is 1. The van der Waals surface area contributed by atoms with E-state index in [2.05, 4.69) is 20.5 Å². The average molecular weight is 541 g/mol. The van der Waals surface area contributed by atoms with Crippen molar-refractivity contribution in [2.45, 2.75) is 18.6 Å². The van der Waals surface area contributed by atoms with Crippen LogP contribution in [-0.2, 0) is 4.74 Å². The van der Waals surface area contributed by atoms with Gasteiger partial charge in [-0.05, 0) is 48.9 Å². The van der Waals surface area contributed by atoms with E-state index < -0.39 is 12.2 Å². The number of hydrogen-bond donors (Lipinski definition) is 3. The number of carbonyl (C=O) groups excluding carboxylic acids is 3. The van der Waals surface area contributed by atoms with Crippen LogP contribution in [0.25, 0.3) is 0 Å². The zero-order valence-electron chi connectivity index (χ0n) is 19.7. The van der Waals surface area contributed by atoms with Crippen LogP contribution in [0.15, 0.2) is 54.7 Å². The van der Waals surface area contributed by atoms with E-state index in [0.29, 0.717) is 27.1 Å². The molecule has 4 heterocycles. The van der Waals surface area contributed by atoms with Crippen molar-refractivity contribution in [2.75, 3.05) is 41.3 Å². The van der Waals surface area contributed by atoms with Crippen molar-refractivity contribution >= 4 is 57.9 Å². The molecule has 0 aliphatic carbocycles. The summed E-state index contributed by atoms with van der Waals surface area (Å²) in [6, 6.07) is 13.9. The van der Waals surface area contributed by atoms with E-state index >= 15 is 0 Å². The fourth-order valence-electron chi connectivity index (χ4n) is 4.33. The zero-order valence-corrected chi connectivity index (χ0v) is 21.3. The summed E-state index contributed by atoms with van der Waals surface area (Å²) in [5.41, 5.74) is 8.31. The summed E-state index contributed by atoms with van der Waals surface area (Å²) in [5.74, 6) is -0.639. The highest BCUT2D eigenvalue weighted by Crippen LogP contribution is 2.34. The van der Waals surface area contributed by atoms with Gasteiger partial charge in [0.2, 0.25) is 0 Å². The van der Waals surface area contributed by atoms with E-state index in [1.54, 1.807) is 42.6 Å². The largest absolute Gasteiger partial charge is 0.442 e. The minimum atomic E-state index is -0.533. The zero-order chi connectivity index (χ0) is 25.9. The van der Waals surface area contributed by atoms with Crippen molar-refractivity contribution in [1.82, 2.24) is 10.3 Å². The van der Waals surface area contributed by atoms with Gasteiger partial charge in [-0.1, -0.05) is 17.7 Å². The van der Waals surface area contributed by atoms with E-state index in [1.165, 1.54) is 16.2 Å². The van der Waals surface area contributed by atoms with Crippen LogP contribution >= 0.6 is 22.9 Å². The van der Waals surface area contributed by atoms with Gasteiger partial charge in [-0.3, -0.25) is 19.5 Å². The van der Waals surface area contributed by atoms with Crippen molar-refractivity contribution in [2.24, 2.45) is 5.73 Å². The van der Waals surface area contributed by atoms with Crippen LogP contribution in [0.4, 0.5) is 21.9 Å². The van der Waals surface area contributed by atoms with Gasteiger partial charge in [0.1, 0.15) is 11.8 Å². The number of amides is 3. The van der Waals surface area contributed by atoms with Gasteiger partial charge in [0.25, 0.3) is 11.8 Å². The molecule has 5 rings (SSSR count). The second kappa shape index (κ2) is 10.8. The van der Waals surface area contributed by atoms with Gasteiger partial charge in [-0.25, -0.2) is 4.79 Å². The number of hydrogen-bond acceptors (Lipinski definition) is 8. The van der Waals surface area contributed by atoms with Gasteiger partial charge in [0.15, 0.2) is 0 Å². The third kappa shape index (κ3) is 5.68. The molecule has 2 aliphatic heterocycles. The molecule has 3 amide bonds. The fraction of sp³-hybridized carbons (Fsp3) is 0.280. The lowest BCUT2D eigenvalue weighted by Gasteiger charge is -2.24. The summed E-state index contributed by atoms with van der Waals surface area (Å²) in [7, 11) is 0. The minimum Gasteiger partial charge on any atom is -0.442 e. The van der Waals surface area contributed by atoms with Gasteiger partial charge >= 0.3 is 6.09 Å². The van der Waals surface area contributed by atoms with Crippen LogP contribution in [0.3, 0.4) is 0 Å². The van der Waals surface area contributed by atoms with Crippen LogP contribution in [0.2, 0.25) is 4.34 Å². The third-order valence-corrected chi connectivity index (χ3v) is 7.39. The Hall–Kier alpha value is -3.67. The van der Waals surface area contributed by atoms with Crippen LogP contribution in [0, 0.1) is 0 Å². The van der Waals surface area contributed by atoms with Gasteiger partial charge in [0, 0.05) is 31.0 Å². The lowest BCUT2D eigenvalue weighted by molar-refractivity contribution is 0.0919. The summed E-state index contributed by atoms with van der Waals surface area (Å²) in [6.07, 6.45) is 1.34. The minimum absolute atomic E-state index is 0.0498. The molecule has 1 aromatic carbocycles. The average Bonchev–Trinajstić information content (AvgIpc) is 3.63. The molecule has 2 unspecified atom stereocenters. The molecule has 2 aliphatic rings. The maximum Gasteiger partial charge on any atom is 0.414 e. The van der Waals surface area contributed by atoms with E-state index in [9.17, 15) is 14.4 Å². The molecular formula is C25H25ClN6O4S. The smallest absolute Gasteiger partial charge is 0.414 e. The predicted octanol–water partition coefficient (Wildman–Crippen LogP) is 3.34. The third-order valence-electron chi connectivity index (χ3n) is 6.16. The number of benzene rings is 1. The van der Waals surface area contributed by atoms with Crippen LogP contribution in [0.5, 0.6) is 0 Å². The Balaban J connectivity index is 1.32. The van der Waals surface area contributed by atoms with Crippen molar-refractivity contribution < 1.29 is 19.1 Å². The molecule has 2 fully saturated rings. The molecule has 0 bridgehead atoms. The van der Waals surface area contributed by atoms with E-state index in [4.69, 9.17) is 22.1 Å². The second-order valence-electron chi connectivity index (χ2n) is 8.80. The van der Waals surface area contributed by atoms with Gasteiger partial charge in [-0.15, -0.1) is 11.3 Å². The maximum atomic E-state index is 12.9. The number of rotatable bonds is 7. The molecule has 12 heteroatoms. The number of nitrogens with one attached hydrogen (secondary N) is 2. The Labute approximate surface area is 222 Å². The highest BCUT2D eigenvalue weighted by molar-refractivity contribution is 7.18. The first-order chi connectivity index (χ1) is 17.9. The maximum absolute atomic E-state index is 12.9. The van der Waals surface area contributed by atoms with E-state index in [-0.39, 0.29) is 36.6 Å². The SMILES string of the molecule is NC1CCN(c2ccc(N3CC(CNC(=O)c4ccc(Cl)s4)OC3=O)cc2NC(=O)c2ccccn2)C1. The number of anilines is 3. The quantitative estimate of drug-likeness (QED) is 0.419. The normalized spacial score (nSPS) is 19.1. The van der Waals surface area contributed by atoms with Crippen molar-refractivity contribution in [3.05, 3.63) is 69.6 Å². The summed E-state index contributed by atoms with van der Waals surface area (Å²) in [6.45, 7) is 1.82. The Bertz CT molecular complexity index is 1320. The summed E-state index contributed by atoms with van der Waals surface area (Å²) in [5, 5.41) is 5.72. The van der Waals surface area contributed by atoms with Crippen LogP contribution < -0.4 is 26.2 Å². The number of aromatic nitrogens is 1. The number of carbonyl (C=O) groups is 3. The fourth-order valence-corrected chi connectivity index (χ4v) is 5.29. The first kappa shape index (κ1) is 25.0. The highest BCUT2D eigenvalue weighted by Gasteiger charge is 2.33. The Morgan fingerprint density at radius 1 is 1.16 bits per heavy atom. The van der Waals surface area contributed by atoms with E-state index in [1.807, 2.05) is 12.1 Å². The molecule has 3 aromatic rings. The number of pyridine rings is 1. The molecule has 2 atom stereocenters. The molecule has 0 spiro atoms. The van der Waals surface area contributed by atoms with Gasteiger partial charge in [-0.2, -0.15) is 0 Å². The number of nitrogens with zero attached hydrogens (tertiary/aromatic N) is 3. The molecule has 0 saturated carbocycles. The second-order valence-corrected chi connectivity index (χ2v) is 10.5. The molecule has 0 radical (unpaired) electrons. The van der Waals surface area contributed by atoms with Crippen LogP contribution in [0.1, 0.15) is 26.6 Å². The molecule has 2 saturated heterocycles. The first-order valence-electron chi connectivity index (χ1n) is 11.8. The number of ether oxygens (including phenoxy) is 1. The lowest BCUT2D eigenvalue weighted by Crippen LogP contribution is -2.34. The van der Waals surface area contributed by atoms with Crippen molar-refractivity contribution in [3.63, 3.8) is 0 Å². The summed E-state index contributed by atoms with van der Waals surface area (Å²) >= 11 is 7.08. The van der Waals surface area contributed by atoms with Crippen molar-refractivity contribution in [1.29, 1.82) is 0 Å². The van der Waals surface area contributed by atoms with Gasteiger partial charge < -0.3 is 26.0 Å². The Morgan fingerprint density at radius 2 is 2.03 bits per heavy atom. The molecule has 192 valence electrons. The standard InChI is InChI=1S/C25H25ClN6O4S/c26-22-7-6-21(37-22)24(34)29-12-17-14-32(25(35)36-17)16-4-5-20(31-10-8-15(27)13-31)19(11-16)30-23(33)18-3-1-2-9-28-18/h1-7,9,11,15,17H,8,10,12-14,27H2,(H,29,34)(H,30,33). The predicted molar refractivity (Wildman–Crippen MR) is 143 cm³/mol. The molecule has 4 N–H and O–H groups in total. The van der Waals surface area contributed by atoms with E-state index in [0.717, 1.165) is 18.7 Å². The molecule has 37 heavy (non-hydrogen) atoms. The van der Waals surface area contributed by atoms with Crippen LogP contribution in [-0.4, -0.2) is 61.2 Å². The summed E-state index contributed by atoms with van der Waals surface area (Å²) in [4.78, 5) is 46.1. The first-order valence-corrected chi connectivity index (χ1v) is 13.0. The Morgan fingerprint density at radius 3 is 2.73 bits per heavy atom. The summed E-state index contributed by atoms with van der Waals surface area (Å²) < 4.78 is 6.00.